The van der Waals surface area contributed by atoms with Crippen LogP contribution < -0.4 is 0 Å². The van der Waals surface area contributed by atoms with Gasteiger partial charge < -0.3 is 14.6 Å². The van der Waals surface area contributed by atoms with Gasteiger partial charge in [-0.25, -0.2) is 0 Å². The molecular formula is C22H23N3O2S. The summed E-state index contributed by atoms with van der Waals surface area (Å²) in [7, 11) is 0. The van der Waals surface area contributed by atoms with Crippen LogP contribution in [0.2, 0.25) is 0 Å². The highest BCUT2D eigenvalue weighted by Crippen LogP contribution is 2.27. The van der Waals surface area contributed by atoms with Crippen molar-refractivity contribution in [2.45, 2.75) is 20.0 Å². The van der Waals surface area contributed by atoms with Crippen LogP contribution in [-0.2, 0) is 4.74 Å². The van der Waals surface area contributed by atoms with Crippen molar-refractivity contribution in [2.24, 2.45) is 0 Å². The van der Waals surface area contributed by atoms with E-state index in [4.69, 9.17) is 17.0 Å². The van der Waals surface area contributed by atoms with Gasteiger partial charge in [0.15, 0.2) is 4.77 Å². The van der Waals surface area contributed by atoms with E-state index in [1.807, 2.05) is 35.2 Å². The maximum absolute atomic E-state index is 13.3. The van der Waals surface area contributed by atoms with Gasteiger partial charge >= 0.3 is 0 Å². The molecular weight excluding hydrogens is 370 g/mol. The fraction of sp³-hybridized carbons (Fsp3) is 0.273. The van der Waals surface area contributed by atoms with Gasteiger partial charge in [0.25, 0.3) is 5.91 Å². The van der Waals surface area contributed by atoms with Gasteiger partial charge in [0.1, 0.15) is 11.8 Å². The number of H-pyrrole nitrogens is 1. The highest BCUT2D eigenvalue weighted by Gasteiger charge is 2.29. The molecule has 1 aliphatic heterocycles. The summed E-state index contributed by atoms with van der Waals surface area (Å²) in [5, 5.41) is 0. The zero-order valence-corrected chi connectivity index (χ0v) is 16.8. The molecule has 1 fully saturated rings. The average molecular weight is 394 g/mol. The molecule has 144 valence electrons. The Morgan fingerprint density at radius 1 is 1.18 bits per heavy atom. The third-order valence-electron chi connectivity index (χ3n) is 5.14. The number of carbonyl (C=O) groups is 1. The number of aryl methyl sites for hydroxylation is 2. The summed E-state index contributed by atoms with van der Waals surface area (Å²) in [5.74, 6) is -0.0470. The number of ether oxygens (including phenoxy) is 1. The van der Waals surface area contributed by atoms with E-state index in [9.17, 15) is 4.79 Å². The van der Waals surface area contributed by atoms with E-state index >= 15 is 0 Å². The van der Waals surface area contributed by atoms with E-state index in [0.29, 0.717) is 30.2 Å². The summed E-state index contributed by atoms with van der Waals surface area (Å²) in [5.41, 5.74) is 4.96. The zero-order valence-electron chi connectivity index (χ0n) is 16.0. The van der Waals surface area contributed by atoms with Crippen molar-refractivity contribution in [3.63, 3.8) is 0 Å². The maximum atomic E-state index is 13.3. The predicted molar refractivity (Wildman–Crippen MR) is 111 cm³/mol. The molecule has 1 atom stereocenters. The van der Waals surface area contributed by atoms with E-state index in [0.717, 1.165) is 11.3 Å². The van der Waals surface area contributed by atoms with Gasteiger partial charge in [0.05, 0.1) is 13.2 Å². The van der Waals surface area contributed by atoms with Crippen LogP contribution in [0.3, 0.4) is 0 Å². The molecule has 1 aliphatic rings. The smallest absolute Gasteiger partial charge is 0.272 e. The van der Waals surface area contributed by atoms with Gasteiger partial charge in [-0.1, -0.05) is 42.0 Å². The molecule has 3 aromatic rings. The first-order chi connectivity index (χ1) is 13.5. The van der Waals surface area contributed by atoms with Crippen LogP contribution in [0.5, 0.6) is 0 Å². The zero-order chi connectivity index (χ0) is 19.7. The molecule has 2 heterocycles. The molecule has 0 saturated carbocycles. The molecule has 0 spiro atoms. The lowest BCUT2D eigenvalue weighted by Crippen LogP contribution is -2.43. The highest BCUT2D eigenvalue weighted by molar-refractivity contribution is 7.71. The van der Waals surface area contributed by atoms with Crippen LogP contribution in [0.25, 0.3) is 5.69 Å². The van der Waals surface area contributed by atoms with E-state index in [1.54, 1.807) is 10.8 Å². The molecule has 28 heavy (non-hydrogen) atoms. The van der Waals surface area contributed by atoms with Crippen LogP contribution in [-0.4, -0.2) is 40.1 Å². The Hall–Kier alpha value is -2.70. The first-order valence-electron chi connectivity index (χ1n) is 9.38. The summed E-state index contributed by atoms with van der Waals surface area (Å²) in [6.07, 6.45) is 1.57. The van der Waals surface area contributed by atoms with Crippen molar-refractivity contribution in [3.8, 4) is 5.69 Å². The number of carbonyl (C=O) groups excluding carboxylic acids is 1. The Kier molecular flexibility index (Phi) is 5.15. The van der Waals surface area contributed by atoms with Crippen molar-refractivity contribution in [1.82, 2.24) is 14.5 Å². The molecule has 1 amide bonds. The summed E-state index contributed by atoms with van der Waals surface area (Å²) in [6, 6.07) is 16.0. The van der Waals surface area contributed by atoms with Crippen molar-refractivity contribution in [3.05, 3.63) is 81.9 Å². The molecule has 1 saturated heterocycles. The molecule has 1 N–H and O–H groups in total. The van der Waals surface area contributed by atoms with Gasteiger partial charge in [-0.2, -0.15) is 0 Å². The number of imidazole rings is 1. The Bertz CT molecular complexity index is 1060. The number of amides is 1. The van der Waals surface area contributed by atoms with Crippen LogP contribution in [0.1, 0.15) is 33.3 Å². The SMILES string of the molecule is Cc1ccc([C@@H]2CN(C(=O)c3c[nH]c(=S)n3-c3ccccc3)CCO2)c(C)c1. The number of benzene rings is 2. The summed E-state index contributed by atoms with van der Waals surface area (Å²) in [4.78, 5) is 18.2. The minimum absolute atomic E-state index is 0.0470. The third-order valence-corrected chi connectivity index (χ3v) is 5.44. The number of hydrogen-bond acceptors (Lipinski definition) is 3. The number of aromatic nitrogens is 2. The van der Waals surface area contributed by atoms with Crippen molar-refractivity contribution < 1.29 is 9.53 Å². The molecule has 0 bridgehead atoms. The van der Waals surface area contributed by atoms with Gasteiger partial charge in [0, 0.05) is 18.4 Å². The van der Waals surface area contributed by atoms with Crippen molar-refractivity contribution >= 4 is 18.1 Å². The summed E-state index contributed by atoms with van der Waals surface area (Å²) >= 11 is 5.42. The van der Waals surface area contributed by atoms with Gasteiger partial charge in [-0.3, -0.25) is 9.36 Å². The minimum Gasteiger partial charge on any atom is -0.370 e. The Morgan fingerprint density at radius 3 is 2.71 bits per heavy atom. The Labute approximate surface area is 169 Å². The van der Waals surface area contributed by atoms with Crippen LogP contribution in [0.15, 0.2) is 54.7 Å². The van der Waals surface area contributed by atoms with Gasteiger partial charge in [0.2, 0.25) is 0 Å². The number of para-hydroxylation sites is 1. The first kappa shape index (κ1) is 18.7. The number of nitrogens with one attached hydrogen (secondary N) is 1. The van der Waals surface area contributed by atoms with Crippen molar-refractivity contribution in [1.29, 1.82) is 0 Å². The van der Waals surface area contributed by atoms with Crippen LogP contribution in [0, 0.1) is 18.6 Å². The normalized spacial score (nSPS) is 16.9. The Balaban J connectivity index is 1.62. The maximum Gasteiger partial charge on any atom is 0.272 e. The molecule has 0 radical (unpaired) electrons. The van der Waals surface area contributed by atoms with Crippen molar-refractivity contribution in [2.75, 3.05) is 19.7 Å². The molecule has 0 aliphatic carbocycles. The number of hydrogen-bond donors (Lipinski definition) is 1. The third kappa shape index (κ3) is 3.53. The molecule has 1 aromatic heterocycles. The fourth-order valence-corrected chi connectivity index (χ4v) is 3.99. The molecule has 0 unspecified atom stereocenters. The fourth-order valence-electron chi connectivity index (χ4n) is 3.73. The standard InChI is InChI=1S/C22H23N3O2S/c1-15-8-9-18(16(2)12-15)20-14-24(10-11-27-20)21(26)19-13-23-22(28)25(19)17-6-4-3-5-7-17/h3-9,12-13,20H,10-11,14H2,1-2H3,(H,23,28)/t20-/m0/s1. The second-order valence-electron chi connectivity index (χ2n) is 7.12. The quantitative estimate of drug-likeness (QED) is 0.673. The van der Waals surface area contributed by atoms with E-state index < -0.39 is 0 Å². The van der Waals surface area contributed by atoms with Crippen LogP contribution in [0.4, 0.5) is 0 Å². The highest BCUT2D eigenvalue weighted by atomic mass is 32.1. The summed E-state index contributed by atoms with van der Waals surface area (Å²) < 4.78 is 8.29. The molecule has 6 heteroatoms. The predicted octanol–water partition coefficient (Wildman–Crippen LogP) is 4.37. The van der Waals surface area contributed by atoms with E-state index in [-0.39, 0.29) is 12.0 Å². The number of aromatic amines is 1. The van der Waals surface area contributed by atoms with Crippen LogP contribution >= 0.6 is 12.2 Å². The molecule has 4 rings (SSSR count). The largest absolute Gasteiger partial charge is 0.370 e. The average Bonchev–Trinajstić information content (AvgIpc) is 3.09. The number of rotatable bonds is 3. The topological polar surface area (TPSA) is 50.3 Å². The van der Waals surface area contributed by atoms with Gasteiger partial charge in [-0.05, 0) is 49.3 Å². The lowest BCUT2D eigenvalue weighted by atomic mass is 10.00. The minimum atomic E-state index is -0.120. The Morgan fingerprint density at radius 2 is 1.96 bits per heavy atom. The second kappa shape index (κ2) is 7.73. The monoisotopic (exact) mass is 393 g/mol. The van der Waals surface area contributed by atoms with E-state index in [2.05, 4.69) is 37.0 Å². The van der Waals surface area contributed by atoms with Gasteiger partial charge in [-0.15, -0.1) is 0 Å². The number of morpholine rings is 1. The number of nitrogens with zero attached hydrogens (tertiary/aromatic N) is 2. The molecule has 5 nitrogen and oxygen atoms in total. The molecule has 2 aromatic carbocycles. The van der Waals surface area contributed by atoms with E-state index in [1.165, 1.54) is 11.1 Å². The second-order valence-corrected chi connectivity index (χ2v) is 7.51. The lowest BCUT2D eigenvalue weighted by molar-refractivity contribution is -0.0233. The summed E-state index contributed by atoms with van der Waals surface area (Å²) in [6.45, 7) is 5.77. The lowest BCUT2D eigenvalue weighted by Gasteiger charge is -2.34. The first-order valence-corrected chi connectivity index (χ1v) is 9.79.